The Morgan fingerprint density at radius 2 is 1.72 bits per heavy atom. The van der Waals surface area contributed by atoms with Gasteiger partial charge in [0, 0.05) is 39.7 Å². The average Bonchev–Trinajstić information content (AvgIpc) is 2.80. The van der Waals surface area contributed by atoms with Crippen LogP contribution in [-0.2, 0) is 0 Å². The normalized spacial score (nSPS) is 10.5. The summed E-state index contributed by atoms with van der Waals surface area (Å²) in [6.45, 7) is 0. The molecule has 0 spiro atoms. The third-order valence-corrected chi connectivity index (χ3v) is 5.41. The number of pyridine rings is 2. The van der Waals surface area contributed by atoms with Crippen LogP contribution < -0.4 is 5.56 Å². The van der Waals surface area contributed by atoms with E-state index in [4.69, 9.17) is 0 Å². The Kier molecular flexibility index (Phi) is 5.28. The fourth-order valence-electron chi connectivity index (χ4n) is 3.20. The highest BCUT2D eigenvalue weighted by molar-refractivity contribution is 7.98. The number of nitrogens with zero attached hydrogens (tertiary/aromatic N) is 3. The Morgan fingerprint density at radius 1 is 0.966 bits per heavy atom. The molecule has 0 unspecified atom stereocenters. The Bertz CT molecular complexity index is 1260. The molecular formula is C24H17N3OS. The molecule has 2 aromatic carbocycles. The van der Waals surface area contributed by atoms with Gasteiger partial charge in [-0.3, -0.25) is 14.3 Å². The molecule has 0 aliphatic heterocycles. The van der Waals surface area contributed by atoms with Crippen molar-refractivity contribution >= 4 is 11.8 Å². The first kappa shape index (κ1) is 18.7. The van der Waals surface area contributed by atoms with Gasteiger partial charge in [-0.2, -0.15) is 5.26 Å². The largest absolute Gasteiger partial charge is 0.283 e. The maximum Gasteiger partial charge on any atom is 0.263 e. The van der Waals surface area contributed by atoms with E-state index in [0.29, 0.717) is 16.7 Å². The van der Waals surface area contributed by atoms with E-state index in [1.54, 1.807) is 46.9 Å². The summed E-state index contributed by atoms with van der Waals surface area (Å²) in [5.41, 5.74) is 3.71. The quantitative estimate of drug-likeness (QED) is 0.448. The standard InChI is InChI=1S/C24H17N3OS/c1-29-20-11-9-19(10-12-20)27-16-18(23-8-4-5-13-26-23)14-22(24(27)28)21-7-3-2-6-17(21)15-25/h2-14,16H,1H3. The van der Waals surface area contributed by atoms with Crippen molar-refractivity contribution in [3.8, 4) is 34.1 Å². The number of hydrogen-bond donors (Lipinski definition) is 0. The van der Waals surface area contributed by atoms with Crippen LogP contribution >= 0.6 is 11.8 Å². The van der Waals surface area contributed by atoms with Gasteiger partial charge in [0.1, 0.15) is 0 Å². The van der Waals surface area contributed by atoms with Crippen LogP contribution in [-0.4, -0.2) is 15.8 Å². The molecule has 0 aliphatic rings. The van der Waals surface area contributed by atoms with Crippen molar-refractivity contribution in [1.82, 2.24) is 9.55 Å². The average molecular weight is 395 g/mol. The molecule has 2 aromatic heterocycles. The molecule has 0 radical (unpaired) electrons. The van der Waals surface area contributed by atoms with Crippen molar-refractivity contribution in [1.29, 1.82) is 5.26 Å². The molecule has 0 atom stereocenters. The molecule has 140 valence electrons. The molecule has 0 N–H and O–H groups in total. The van der Waals surface area contributed by atoms with Gasteiger partial charge in [-0.1, -0.05) is 24.3 Å². The predicted octanol–water partition coefficient (Wildman–Crippen LogP) is 5.16. The number of aromatic nitrogens is 2. The maximum atomic E-state index is 13.4. The third kappa shape index (κ3) is 3.71. The van der Waals surface area contributed by atoms with Crippen molar-refractivity contribution in [3.63, 3.8) is 0 Å². The highest BCUT2D eigenvalue weighted by Gasteiger charge is 2.14. The first-order valence-corrected chi connectivity index (χ1v) is 10.3. The molecule has 0 saturated heterocycles. The van der Waals surface area contributed by atoms with Crippen LogP contribution in [0.5, 0.6) is 0 Å². The van der Waals surface area contributed by atoms with Crippen LogP contribution in [0.15, 0.2) is 94.9 Å². The van der Waals surface area contributed by atoms with Crippen LogP contribution in [0.25, 0.3) is 28.1 Å². The van der Waals surface area contributed by atoms with Gasteiger partial charge < -0.3 is 0 Å². The van der Waals surface area contributed by atoms with Crippen LogP contribution in [0.2, 0.25) is 0 Å². The molecule has 0 fully saturated rings. The van der Waals surface area contributed by atoms with Crippen molar-refractivity contribution < 1.29 is 0 Å². The van der Waals surface area contributed by atoms with Crippen molar-refractivity contribution in [3.05, 3.63) is 101 Å². The summed E-state index contributed by atoms with van der Waals surface area (Å²) in [4.78, 5) is 19.0. The number of rotatable bonds is 4. The molecule has 29 heavy (non-hydrogen) atoms. The van der Waals surface area contributed by atoms with E-state index in [2.05, 4.69) is 11.1 Å². The lowest BCUT2D eigenvalue weighted by Crippen LogP contribution is -2.20. The molecule has 0 saturated carbocycles. The highest BCUT2D eigenvalue weighted by Crippen LogP contribution is 2.26. The lowest BCUT2D eigenvalue weighted by Gasteiger charge is -2.13. The fourth-order valence-corrected chi connectivity index (χ4v) is 3.61. The Hall–Kier alpha value is -3.62. The van der Waals surface area contributed by atoms with Gasteiger partial charge in [0.05, 0.1) is 17.3 Å². The van der Waals surface area contributed by atoms with Crippen LogP contribution in [0.1, 0.15) is 5.56 Å². The minimum atomic E-state index is -0.177. The minimum absolute atomic E-state index is 0.177. The molecule has 4 nitrogen and oxygen atoms in total. The molecule has 0 aliphatic carbocycles. The maximum absolute atomic E-state index is 13.4. The lowest BCUT2D eigenvalue weighted by atomic mass is 9.99. The SMILES string of the molecule is CSc1ccc(-n2cc(-c3ccccn3)cc(-c3ccccc3C#N)c2=O)cc1. The van der Waals surface area contributed by atoms with Gasteiger partial charge in [0.2, 0.25) is 0 Å². The van der Waals surface area contributed by atoms with E-state index in [0.717, 1.165) is 21.8 Å². The Morgan fingerprint density at radius 3 is 2.41 bits per heavy atom. The molecule has 4 rings (SSSR count). The number of benzene rings is 2. The van der Waals surface area contributed by atoms with Crippen molar-refractivity contribution in [2.75, 3.05) is 6.26 Å². The zero-order valence-electron chi connectivity index (χ0n) is 15.7. The molecule has 0 bridgehead atoms. The monoisotopic (exact) mass is 395 g/mol. The minimum Gasteiger partial charge on any atom is -0.283 e. The fraction of sp³-hybridized carbons (Fsp3) is 0.0417. The lowest BCUT2D eigenvalue weighted by molar-refractivity contribution is 0.990. The van der Waals surface area contributed by atoms with E-state index < -0.39 is 0 Å². The van der Waals surface area contributed by atoms with E-state index in [1.807, 2.05) is 60.9 Å². The van der Waals surface area contributed by atoms with Gasteiger partial charge in [-0.15, -0.1) is 11.8 Å². The smallest absolute Gasteiger partial charge is 0.263 e. The van der Waals surface area contributed by atoms with Gasteiger partial charge >= 0.3 is 0 Å². The molecule has 2 heterocycles. The summed E-state index contributed by atoms with van der Waals surface area (Å²) in [5.74, 6) is 0. The summed E-state index contributed by atoms with van der Waals surface area (Å²) in [6.07, 6.45) is 5.54. The third-order valence-electron chi connectivity index (χ3n) is 4.67. The first-order valence-electron chi connectivity index (χ1n) is 9.03. The zero-order chi connectivity index (χ0) is 20.2. The van der Waals surface area contributed by atoms with Crippen LogP contribution in [0.4, 0.5) is 0 Å². The topological polar surface area (TPSA) is 58.7 Å². The summed E-state index contributed by atoms with van der Waals surface area (Å²) in [7, 11) is 0. The zero-order valence-corrected chi connectivity index (χ0v) is 16.6. The second-order valence-electron chi connectivity index (χ2n) is 6.39. The second-order valence-corrected chi connectivity index (χ2v) is 7.27. The first-order chi connectivity index (χ1) is 14.2. The Labute approximate surface area is 173 Å². The summed E-state index contributed by atoms with van der Waals surface area (Å²) >= 11 is 1.65. The predicted molar refractivity (Wildman–Crippen MR) is 117 cm³/mol. The van der Waals surface area contributed by atoms with Crippen LogP contribution in [0, 0.1) is 11.3 Å². The molecular weight excluding hydrogens is 378 g/mol. The summed E-state index contributed by atoms with van der Waals surface area (Å²) < 4.78 is 1.62. The van der Waals surface area contributed by atoms with E-state index in [1.165, 1.54) is 0 Å². The summed E-state index contributed by atoms with van der Waals surface area (Å²) in [6, 6.07) is 24.7. The second kappa shape index (κ2) is 8.17. The van der Waals surface area contributed by atoms with Gasteiger partial charge in [0.25, 0.3) is 5.56 Å². The van der Waals surface area contributed by atoms with Gasteiger partial charge in [-0.25, -0.2) is 0 Å². The van der Waals surface area contributed by atoms with Gasteiger partial charge in [-0.05, 0) is 54.8 Å². The van der Waals surface area contributed by atoms with Crippen molar-refractivity contribution in [2.45, 2.75) is 4.90 Å². The molecule has 5 heteroatoms. The van der Waals surface area contributed by atoms with E-state index in [-0.39, 0.29) is 5.56 Å². The molecule has 0 amide bonds. The Balaban J connectivity index is 2.00. The number of nitriles is 1. The van der Waals surface area contributed by atoms with E-state index >= 15 is 0 Å². The highest BCUT2D eigenvalue weighted by atomic mass is 32.2. The van der Waals surface area contributed by atoms with Gasteiger partial charge in [0.15, 0.2) is 0 Å². The number of thioether (sulfide) groups is 1. The van der Waals surface area contributed by atoms with E-state index in [9.17, 15) is 10.1 Å². The molecule has 4 aromatic rings. The van der Waals surface area contributed by atoms with Crippen LogP contribution in [0.3, 0.4) is 0 Å². The summed E-state index contributed by atoms with van der Waals surface area (Å²) in [5, 5.41) is 9.53. The number of hydrogen-bond acceptors (Lipinski definition) is 4. The van der Waals surface area contributed by atoms with Crippen molar-refractivity contribution in [2.24, 2.45) is 0 Å².